The van der Waals surface area contributed by atoms with Crippen molar-refractivity contribution in [3.8, 4) is 0 Å². The van der Waals surface area contributed by atoms with E-state index in [1.54, 1.807) is 24.3 Å². The smallest absolute Gasteiger partial charge is 0.239 e. The quantitative estimate of drug-likeness (QED) is 0.798. The van der Waals surface area contributed by atoms with Gasteiger partial charge in [0.1, 0.15) is 11.6 Å². The van der Waals surface area contributed by atoms with Crippen molar-refractivity contribution < 1.29 is 18.4 Å². The van der Waals surface area contributed by atoms with Gasteiger partial charge in [-0.3, -0.25) is 9.59 Å². The van der Waals surface area contributed by atoms with E-state index < -0.39 is 11.2 Å². The number of benzene rings is 2. The van der Waals surface area contributed by atoms with Crippen molar-refractivity contribution >= 4 is 11.8 Å². The van der Waals surface area contributed by atoms with Gasteiger partial charge in [0, 0.05) is 12.0 Å². The minimum Gasteiger partial charge on any atom is -0.354 e. The van der Waals surface area contributed by atoms with Crippen molar-refractivity contribution in [2.24, 2.45) is 0 Å². The summed E-state index contributed by atoms with van der Waals surface area (Å²) in [6.07, 6.45) is -0.00817. The molecule has 0 radical (unpaired) electrons. The van der Waals surface area contributed by atoms with E-state index in [0.29, 0.717) is 11.1 Å². The molecule has 0 spiro atoms. The summed E-state index contributed by atoms with van der Waals surface area (Å²) in [5, 5.41) is 5.19. The van der Waals surface area contributed by atoms with E-state index in [1.807, 2.05) is 13.8 Å². The molecule has 0 aliphatic rings. The molecule has 0 unspecified atom stereocenters. The van der Waals surface area contributed by atoms with Gasteiger partial charge in [-0.05, 0) is 29.3 Å². The number of hydrogen-bond donors (Lipinski definition) is 2. The maximum Gasteiger partial charge on any atom is 0.239 e. The van der Waals surface area contributed by atoms with Crippen molar-refractivity contribution in [2.75, 3.05) is 13.1 Å². The fourth-order valence-electron chi connectivity index (χ4n) is 2.56. The molecule has 4 nitrogen and oxygen atoms in total. The molecule has 0 saturated heterocycles. The summed E-state index contributed by atoms with van der Waals surface area (Å²) in [4.78, 5) is 23.8. The normalized spacial score (nSPS) is 11.1. The monoisotopic (exact) mass is 360 g/mol. The van der Waals surface area contributed by atoms with E-state index in [-0.39, 0.29) is 37.1 Å². The summed E-state index contributed by atoms with van der Waals surface area (Å²) in [5.41, 5.74) is 0.450. The van der Waals surface area contributed by atoms with Crippen molar-refractivity contribution in [1.29, 1.82) is 0 Å². The molecule has 0 atom stereocenters. The minimum absolute atomic E-state index is 0.00817. The Balaban J connectivity index is 1.80. The van der Waals surface area contributed by atoms with Crippen molar-refractivity contribution in [1.82, 2.24) is 10.6 Å². The van der Waals surface area contributed by atoms with Crippen LogP contribution >= 0.6 is 0 Å². The van der Waals surface area contributed by atoms with Crippen LogP contribution in [0.25, 0.3) is 0 Å². The molecule has 2 rings (SSSR count). The molecule has 6 heteroatoms. The van der Waals surface area contributed by atoms with Gasteiger partial charge in [-0.25, -0.2) is 8.78 Å². The van der Waals surface area contributed by atoms with Crippen LogP contribution in [-0.2, 0) is 21.4 Å². The fraction of sp³-hybridized carbons (Fsp3) is 0.300. The van der Waals surface area contributed by atoms with E-state index in [2.05, 4.69) is 10.6 Å². The van der Waals surface area contributed by atoms with Gasteiger partial charge in [0.25, 0.3) is 0 Å². The third-order valence-corrected chi connectivity index (χ3v) is 4.03. The minimum atomic E-state index is -0.591. The average Bonchev–Trinajstić information content (AvgIpc) is 2.58. The molecule has 0 saturated carbocycles. The lowest BCUT2D eigenvalue weighted by molar-refractivity contribution is -0.125. The summed E-state index contributed by atoms with van der Waals surface area (Å²) in [7, 11) is 0. The second-order valence-electron chi connectivity index (χ2n) is 6.72. The Kier molecular flexibility index (Phi) is 6.44. The Hall–Kier alpha value is -2.76. The lowest BCUT2D eigenvalue weighted by atomic mass is 9.84. The molecule has 2 aromatic carbocycles. The number of halogens is 2. The van der Waals surface area contributed by atoms with Gasteiger partial charge in [0.2, 0.25) is 11.8 Å². The molecule has 0 bridgehead atoms. The van der Waals surface area contributed by atoms with E-state index >= 15 is 0 Å². The Morgan fingerprint density at radius 1 is 0.962 bits per heavy atom. The molecule has 0 fully saturated rings. The summed E-state index contributed by atoms with van der Waals surface area (Å²) in [6.45, 7) is 3.69. The van der Waals surface area contributed by atoms with E-state index in [0.717, 1.165) is 0 Å². The predicted octanol–water partition coefficient (Wildman–Crippen LogP) is 2.72. The third kappa shape index (κ3) is 5.65. The molecule has 0 aliphatic heterocycles. The van der Waals surface area contributed by atoms with Crippen LogP contribution in [0.2, 0.25) is 0 Å². The van der Waals surface area contributed by atoms with Crippen LogP contribution in [0.4, 0.5) is 8.78 Å². The molecule has 0 heterocycles. The zero-order valence-electron chi connectivity index (χ0n) is 14.8. The molecule has 2 amide bonds. The number of nitrogens with one attached hydrogen (secondary N) is 2. The topological polar surface area (TPSA) is 58.2 Å². The van der Waals surface area contributed by atoms with E-state index in [1.165, 1.54) is 24.3 Å². The fourth-order valence-corrected chi connectivity index (χ4v) is 2.56. The van der Waals surface area contributed by atoms with Crippen molar-refractivity contribution in [3.63, 3.8) is 0 Å². The Labute approximate surface area is 151 Å². The van der Waals surface area contributed by atoms with Gasteiger partial charge in [-0.15, -0.1) is 0 Å². The van der Waals surface area contributed by atoms with Gasteiger partial charge < -0.3 is 10.6 Å². The second-order valence-corrected chi connectivity index (χ2v) is 6.72. The van der Waals surface area contributed by atoms with E-state index in [4.69, 9.17) is 0 Å². The number of hydrogen-bond acceptors (Lipinski definition) is 2. The van der Waals surface area contributed by atoms with Crippen LogP contribution in [0.3, 0.4) is 0 Å². The maximum atomic E-state index is 13.9. The third-order valence-electron chi connectivity index (χ3n) is 4.03. The van der Waals surface area contributed by atoms with Crippen LogP contribution < -0.4 is 10.6 Å². The van der Waals surface area contributed by atoms with Crippen LogP contribution in [-0.4, -0.2) is 24.9 Å². The first kappa shape index (κ1) is 19.6. The number of rotatable bonds is 7. The molecular weight excluding hydrogens is 338 g/mol. The predicted molar refractivity (Wildman–Crippen MR) is 95.5 cm³/mol. The molecule has 2 aromatic rings. The highest BCUT2D eigenvalue weighted by Gasteiger charge is 2.24. The SMILES string of the molecule is CC(C)(CNC(=O)CNC(=O)Cc1cccc(F)c1)c1ccccc1F. The Morgan fingerprint density at radius 2 is 1.69 bits per heavy atom. The summed E-state index contributed by atoms with van der Waals surface area (Å²) in [6, 6.07) is 12.2. The first-order valence-electron chi connectivity index (χ1n) is 8.31. The summed E-state index contributed by atoms with van der Waals surface area (Å²) in [5.74, 6) is -1.49. The summed E-state index contributed by atoms with van der Waals surface area (Å²) >= 11 is 0. The highest BCUT2D eigenvalue weighted by molar-refractivity contribution is 5.85. The highest BCUT2D eigenvalue weighted by atomic mass is 19.1. The van der Waals surface area contributed by atoms with Crippen LogP contribution in [0.5, 0.6) is 0 Å². The van der Waals surface area contributed by atoms with Gasteiger partial charge >= 0.3 is 0 Å². The molecule has 0 aromatic heterocycles. The maximum absolute atomic E-state index is 13.9. The molecule has 2 N–H and O–H groups in total. The molecular formula is C20H22F2N2O2. The molecule has 0 aliphatic carbocycles. The van der Waals surface area contributed by atoms with Crippen LogP contribution in [0, 0.1) is 11.6 Å². The zero-order chi connectivity index (χ0) is 19.2. The van der Waals surface area contributed by atoms with Crippen LogP contribution in [0.1, 0.15) is 25.0 Å². The van der Waals surface area contributed by atoms with Gasteiger partial charge in [0.15, 0.2) is 0 Å². The number of carbonyl (C=O) groups is 2. The largest absolute Gasteiger partial charge is 0.354 e. The number of carbonyl (C=O) groups excluding carboxylic acids is 2. The van der Waals surface area contributed by atoms with Gasteiger partial charge in [-0.2, -0.15) is 0 Å². The van der Waals surface area contributed by atoms with Crippen molar-refractivity contribution in [2.45, 2.75) is 25.7 Å². The van der Waals surface area contributed by atoms with E-state index in [9.17, 15) is 18.4 Å². The average molecular weight is 360 g/mol. The molecule has 138 valence electrons. The standard InChI is InChI=1S/C20H22F2N2O2/c1-20(2,16-8-3-4-9-17(16)22)13-24-19(26)12-23-18(25)11-14-6-5-7-15(21)10-14/h3-10H,11-13H2,1-2H3,(H,23,25)(H,24,26). The lowest BCUT2D eigenvalue weighted by Crippen LogP contribution is -2.42. The van der Waals surface area contributed by atoms with Gasteiger partial charge in [0.05, 0.1) is 13.0 Å². The Morgan fingerprint density at radius 3 is 2.38 bits per heavy atom. The lowest BCUT2D eigenvalue weighted by Gasteiger charge is -2.26. The number of amides is 2. The van der Waals surface area contributed by atoms with Gasteiger partial charge in [-0.1, -0.05) is 44.2 Å². The molecule has 26 heavy (non-hydrogen) atoms. The first-order valence-corrected chi connectivity index (χ1v) is 8.31. The summed E-state index contributed by atoms with van der Waals surface area (Å²) < 4.78 is 27.0. The highest BCUT2D eigenvalue weighted by Crippen LogP contribution is 2.24. The van der Waals surface area contributed by atoms with Crippen molar-refractivity contribution in [3.05, 3.63) is 71.3 Å². The zero-order valence-corrected chi connectivity index (χ0v) is 14.8. The first-order chi connectivity index (χ1) is 12.3. The Bertz CT molecular complexity index is 791. The second kappa shape index (κ2) is 8.56. The van der Waals surface area contributed by atoms with Crippen LogP contribution in [0.15, 0.2) is 48.5 Å².